The van der Waals surface area contributed by atoms with Crippen molar-refractivity contribution in [2.45, 2.75) is 39.5 Å². The van der Waals surface area contributed by atoms with Gasteiger partial charge in [0.1, 0.15) is 6.73 Å². The maximum atomic E-state index is 13.4. The van der Waals surface area contributed by atoms with Gasteiger partial charge < -0.3 is 9.47 Å². The standard InChI is InChI=1S/C26H35NO3/c1-21(12-11-15-22-13-7-6-8-14-22)25(28)27(20-30-19-18-29-5)24-17-10-9-16-23(24)26(2,3)4/h6-11,13-17,21H,12,18-20H2,1-5H3/b15-11+/t21-/m0/s1. The zero-order valence-corrected chi connectivity index (χ0v) is 18.9. The molecule has 162 valence electrons. The molecule has 0 N–H and O–H groups in total. The van der Waals surface area contributed by atoms with Crippen LogP contribution in [0.4, 0.5) is 5.69 Å². The predicted octanol–water partition coefficient (Wildman–Crippen LogP) is 5.68. The molecule has 0 fully saturated rings. The topological polar surface area (TPSA) is 38.8 Å². The molecule has 2 aromatic rings. The minimum Gasteiger partial charge on any atom is -0.382 e. The molecule has 0 unspecified atom stereocenters. The second kappa shape index (κ2) is 11.7. The normalized spacial score (nSPS) is 12.8. The zero-order chi connectivity index (χ0) is 22.0. The van der Waals surface area contributed by atoms with Crippen molar-refractivity contribution in [2.24, 2.45) is 5.92 Å². The molecule has 4 nitrogen and oxygen atoms in total. The number of hydrogen-bond donors (Lipinski definition) is 0. The molecular formula is C26H35NO3. The summed E-state index contributed by atoms with van der Waals surface area (Å²) in [6.07, 6.45) is 4.80. The Hall–Kier alpha value is -2.43. The summed E-state index contributed by atoms with van der Waals surface area (Å²) in [5.41, 5.74) is 3.08. The summed E-state index contributed by atoms with van der Waals surface area (Å²) in [4.78, 5) is 15.2. The van der Waals surface area contributed by atoms with E-state index in [0.29, 0.717) is 19.6 Å². The van der Waals surface area contributed by atoms with Gasteiger partial charge in [0.25, 0.3) is 0 Å². The Balaban J connectivity index is 2.19. The van der Waals surface area contributed by atoms with Gasteiger partial charge in [0.15, 0.2) is 0 Å². The molecule has 0 bridgehead atoms. The highest BCUT2D eigenvalue weighted by Gasteiger charge is 2.27. The summed E-state index contributed by atoms with van der Waals surface area (Å²) < 4.78 is 10.8. The molecule has 1 amide bonds. The van der Waals surface area contributed by atoms with Gasteiger partial charge in [-0.05, 0) is 29.0 Å². The van der Waals surface area contributed by atoms with Crippen molar-refractivity contribution in [3.63, 3.8) is 0 Å². The lowest BCUT2D eigenvalue weighted by Gasteiger charge is -2.31. The highest BCUT2D eigenvalue weighted by atomic mass is 16.5. The average Bonchev–Trinajstić information content (AvgIpc) is 2.73. The maximum absolute atomic E-state index is 13.4. The molecule has 2 rings (SSSR count). The molecule has 0 aliphatic heterocycles. The number of hydrogen-bond acceptors (Lipinski definition) is 3. The van der Waals surface area contributed by atoms with Crippen LogP contribution in [0, 0.1) is 5.92 Å². The molecule has 0 saturated carbocycles. The van der Waals surface area contributed by atoms with E-state index in [-0.39, 0.29) is 24.0 Å². The summed E-state index contributed by atoms with van der Waals surface area (Å²) in [5, 5.41) is 0. The Labute approximate surface area is 181 Å². The maximum Gasteiger partial charge on any atom is 0.232 e. The summed E-state index contributed by atoms with van der Waals surface area (Å²) >= 11 is 0. The van der Waals surface area contributed by atoms with Crippen LogP contribution in [0.2, 0.25) is 0 Å². The number of carbonyl (C=O) groups excluding carboxylic acids is 1. The number of benzene rings is 2. The second-order valence-corrected chi connectivity index (χ2v) is 8.51. The van der Waals surface area contributed by atoms with Crippen LogP contribution in [-0.4, -0.2) is 33.0 Å². The molecule has 0 aliphatic rings. The Kier molecular flexibility index (Phi) is 9.28. The summed E-state index contributed by atoms with van der Waals surface area (Å²) in [7, 11) is 1.64. The molecule has 30 heavy (non-hydrogen) atoms. The van der Waals surface area contributed by atoms with Gasteiger partial charge in [0.05, 0.1) is 13.2 Å². The van der Waals surface area contributed by atoms with Gasteiger partial charge >= 0.3 is 0 Å². The SMILES string of the molecule is COCCOCN(C(=O)[C@@H](C)C/C=C/c1ccccc1)c1ccccc1C(C)(C)C. The predicted molar refractivity (Wildman–Crippen MR) is 125 cm³/mol. The minimum atomic E-state index is -0.163. The Morgan fingerprint density at radius 3 is 2.37 bits per heavy atom. The fraction of sp³-hybridized carbons (Fsp3) is 0.423. The first-order valence-corrected chi connectivity index (χ1v) is 10.5. The van der Waals surface area contributed by atoms with E-state index in [4.69, 9.17) is 9.47 Å². The third kappa shape index (κ3) is 7.12. The van der Waals surface area contributed by atoms with Gasteiger partial charge in [-0.2, -0.15) is 0 Å². The first-order valence-electron chi connectivity index (χ1n) is 10.5. The Morgan fingerprint density at radius 1 is 1.03 bits per heavy atom. The van der Waals surface area contributed by atoms with Crippen molar-refractivity contribution in [1.29, 1.82) is 0 Å². The molecule has 0 aromatic heterocycles. The van der Waals surface area contributed by atoms with Crippen LogP contribution < -0.4 is 4.90 Å². The molecule has 0 aliphatic carbocycles. The van der Waals surface area contributed by atoms with Gasteiger partial charge in [-0.15, -0.1) is 0 Å². The van der Waals surface area contributed by atoms with Crippen LogP contribution in [0.5, 0.6) is 0 Å². The molecule has 2 aromatic carbocycles. The smallest absolute Gasteiger partial charge is 0.232 e. The van der Waals surface area contributed by atoms with Crippen molar-refractivity contribution in [3.05, 3.63) is 71.8 Å². The summed E-state index contributed by atoms with van der Waals surface area (Å²) in [5.74, 6) is -0.106. The van der Waals surface area contributed by atoms with Gasteiger partial charge in [0, 0.05) is 18.7 Å². The number of para-hydroxylation sites is 1. The van der Waals surface area contributed by atoms with Crippen LogP contribution in [-0.2, 0) is 19.7 Å². The second-order valence-electron chi connectivity index (χ2n) is 8.51. The van der Waals surface area contributed by atoms with Crippen molar-refractivity contribution in [1.82, 2.24) is 0 Å². The van der Waals surface area contributed by atoms with Crippen molar-refractivity contribution in [2.75, 3.05) is 32.0 Å². The number of anilines is 1. The van der Waals surface area contributed by atoms with Crippen LogP contribution in [0.15, 0.2) is 60.7 Å². The number of ether oxygens (including phenoxy) is 2. The minimum absolute atomic E-state index is 0.0572. The number of rotatable bonds is 10. The van der Waals surface area contributed by atoms with E-state index >= 15 is 0 Å². The number of amides is 1. The third-order valence-electron chi connectivity index (χ3n) is 4.94. The van der Waals surface area contributed by atoms with E-state index < -0.39 is 0 Å². The first kappa shape index (κ1) is 23.8. The molecule has 0 saturated heterocycles. The van der Waals surface area contributed by atoms with E-state index in [9.17, 15) is 4.79 Å². The van der Waals surface area contributed by atoms with Gasteiger partial charge in [-0.1, -0.05) is 88.4 Å². The Morgan fingerprint density at radius 2 is 1.70 bits per heavy atom. The lowest BCUT2D eigenvalue weighted by molar-refractivity contribution is -0.123. The highest BCUT2D eigenvalue weighted by molar-refractivity contribution is 5.95. The summed E-state index contributed by atoms with van der Waals surface area (Å²) in [6, 6.07) is 18.2. The quantitative estimate of drug-likeness (QED) is 0.374. The van der Waals surface area contributed by atoms with Crippen molar-refractivity contribution < 1.29 is 14.3 Å². The molecule has 0 spiro atoms. The van der Waals surface area contributed by atoms with Gasteiger partial charge in [-0.25, -0.2) is 0 Å². The number of methoxy groups -OCH3 is 1. The van der Waals surface area contributed by atoms with E-state index in [2.05, 4.69) is 51.1 Å². The monoisotopic (exact) mass is 409 g/mol. The van der Waals surface area contributed by atoms with Crippen LogP contribution in [0.1, 0.15) is 45.2 Å². The average molecular weight is 410 g/mol. The molecular weight excluding hydrogens is 374 g/mol. The van der Waals surface area contributed by atoms with E-state index in [0.717, 1.165) is 16.8 Å². The van der Waals surface area contributed by atoms with Crippen molar-refractivity contribution >= 4 is 17.7 Å². The first-order chi connectivity index (χ1) is 14.3. The molecule has 0 heterocycles. The third-order valence-corrected chi connectivity index (χ3v) is 4.94. The van der Waals surface area contributed by atoms with E-state index in [1.807, 2.05) is 43.3 Å². The molecule has 4 heteroatoms. The van der Waals surface area contributed by atoms with Gasteiger partial charge in [-0.3, -0.25) is 9.69 Å². The van der Waals surface area contributed by atoms with Crippen LogP contribution >= 0.6 is 0 Å². The zero-order valence-electron chi connectivity index (χ0n) is 18.9. The number of carbonyl (C=O) groups is 1. The fourth-order valence-electron chi connectivity index (χ4n) is 3.23. The van der Waals surface area contributed by atoms with Gasteiger partial charge in [0.2, 0.25) is 5.91 Å². The van der Waals surface area contributed by atoms with Crippen LogP contribution in [0.3, 0.4) is 0 Å². The molecule has 0 radical (unpaired) electrons. The van der Waals surface area contributed by atoms with E-state index in [1.165, 1.54) is 0 Å². The highest BCUT2D eigenvalue weighted by Crippen LogP contribution is 2.32. The van der Waals surface area contributed by atoms with Crippen LogP contribution in [0.25, 0.3) is 6.08 Å². The van der Waals surface area contributed by atoms with E-state index in [1.54, 1.807) is 12.0 Å². The lowest BCUT2D eigenvalue weighted by atomic mass is 9.85. The lowest BCUT2D eigenvalue weighted by Crippen LogP contribution is -2.38. The summed E-state index contributed by atoms with van der Waals surface area (Å²) in [6.45, 7) is 9.60. The number of nitrogens with zero attached hydrogens (tertiary/aromatic N) is 1. The Bertz CT molecular complexity index is 809. The van der Waals surface area contributed by atoms with Crippen molar-refractivity contribution in [3.8, 4) is 0 Å². The number of allylic oxidation sites excluding steroid dienone is 1. The fourth-order valence-corrected chi connectivity index (χ4v) is 3.23. The molecule has 1 atom stereocenters. The largest absolute Gasteiger partial charge is 0.382 e.